The number of unbranched alkanes of at least 4 members (excludes halogenated alkanes) is 1. The molecule has 2 saturated carbocycles. The van der Waals surface area contributed by atoms with Crippen LogP contribution in [0.15, 0.2) is 0 Å². The largest absolute Gasteiger partial charge is 0.0654 e. The van der Waals surface area contributed by atoms with Gasteiger partial charge in [0, 0.05) is 0 Å². The van der Waals surface area contributed by atoms with Crippen LogP contribution in [0.1, 0.15) is 51.9 Å². The van der Waals surface area contributed by atoms with Crippen molar-refractivity contribution in [3.63, 3.8) is 0 Å². The molecule has 2 aliphatic carbocycles. The van der Waals surface area contributed by atoms with Crippen molar-refractivity contribution in [3.05, 3.63) is 0 Å². The van der Waals surface area contributed by atoms with Crippen LogP contribution >= 0.6 is 0 Å². The Morgan fingerprint density at radius 3 is 2.64 bits per heavy atom. The Labute approximate surface area is 70.4 Å². The van der Waals surface area contributed by atoms with Gasteiger partial charge >= 0.3 is 0 Å². The SMILES string of the molecule is CCCCC1CC1CC1CC1. The Balaban J connectivity index is 1.54. The van der Waals surface area contributed by atoms with E-state index < -0.39 is 0 Å². The van der Waals surface area contributed by atoms with Crippen molar-refractivity contribution < 1.29 is 0 Å². The van der Waals surface area contributed by atoms with Crippen LogP contribution in [0.5, 0.6) is 0 Å². The van der Waals surface area contributed by atoms with Gasteiger partial charge in [0.05, 0.1) is 0 Å². The van der Waals surface area contributed by atoms with Gasteiger partial charge in [-0.3, -0.25) is 0 Å². The second kappa shape index (κ2) is 3.16. The van der Waals surface area contributed by atoms with E-state index in [2.05, 4.69) is 6.92 Å². The number of hydrogen-bond acceptors (Lipinski definition) is 0. The molecule has 0 nitrogen and oxygen atoms in total. The Bertz CT molecular complexity index is 124. The molecule has 0 heterocycles. The molecule has 2 atom stereocenters. The monoisotopic (exact) mass is 152 g/mol. The molecule has 0 amide bonds. The average molecular weight is 152 g/mol. The maximum Gasteiger partial charge on any atom is -0.0380 e. The molecule has 0 aromatic heterocycles. The minimum atomic E-state index is 1.16. The van der Waals surface area contributed by atoms with Crippen molar-refractivity contribution in [1.29, 1.82) is 0 Å². The van der Waals surface area contributed by atoms with Crippen molar-refractivity contribution >= 4 is 0 Å². The fourth-order valence-electron chi connectivity index (χ4n) is 2.20. The van der Waals surface area contributed by atoms with E-state index in [4.69, 9.17) is 0 Å². The molecular formula is C11H20. The molecule has 0 saturated heterocycles. The van der Waals surface area contributed by atoms with Gasteiger partial charge in [-0.2, -0.15) is 0 Å². The molecule has 0 radical (unpaired) electrons. The van der Waals surface area contributed by atoms with E-state index in [0.717, 1.165) is 5.92 Å². The molecule has 0 bridgehead atoms. The van der Waals surface area contributed by atoms with Gasteiger partial charge in [0.15, 0.2) is 0 Å². The van der Waals surface area contributed by atoms with E-state index in [1.807, 2.05) is 0 Å². The van der Waals surface area contributed by atoms with Crippen LogP contribution in [0, 0.1) is 17.8 Å². The molecule has 0 N–H and O–H groups in total. The minimum Gasteiger partial charge on any atom is -0.0654 e. The molecule has 64 valence electrons. The smallest absolute Gasteiger partial charge is 0.0380 e. The maximum atomic E-state index is 2.30. The fourth-order valence-corrected chi connectivity index (χ4v) is 2.20. The van der Waals surface area contributed by atoms with Gasteiger partial charge in [0.25, 0.3) is 0 Å². The summed E-state index contributed by atoms with van der Waals surface area (Å²) in [6.45, 7) is 2.30. The first-order valence-corrected chi connectivity index (χ1v) is 5.40. The molecule has 2 rings (SSSR count). The van der Waals surface area contributed by atoms with E-state index in [1.54, 1.807) is 25.7 Å². The predicted molar refractivity (Wildman–Crippen MR) is 48.5 cm³/mol. The molecule has 0 heteroatoms. The summed E-state index contributed by atoms with van der Waals surface area (Å²) in [7, 11) is 0. The third kappa shape index (κ3) is 2.21. The average Bonchev–Trinajstić information content (AvgIpc) is 2.85. The first-order valence-electron chi connectivity index (χ1n) is 5.40. The third-order valence-electron chi connectivity index (χ3n) is 3.33. The lowest BCUT2D eigenvalue weighted by Crippen LogP contribution is -1.84. The molecular weight excluding hydrogens is 132 g/mol. The quantitative estimate of drug-likeness (QED) is 0.564. The lowest BCUT2D eigenvalue weighted by Gasteiger charge is -1.96. The van der Waals surface area contributed by atoms with Crippen LogP contribution < -0.4 is 0 Å². The van der Waals surface area contributed by atoms with Crippen molar-refractivity contribution in [3.8, 4) is 0 Å². The molecule has 0 spiro atoms. The maximum absolute atomic E-state index is 2.30. The van der Waals surface area contributed by atoms with Crippen molar-refractivity contribution in [2.75, 3.05) is 0 Å². The van der Waals surface area contributed by atoms with E-state index in [-0.39, 0.29) is 0 Å². The fraction of sp³-hybridized carbons (Fsp3) is 1.00. The van der Waals surface area contributed by atoms with Crippen LogP contribution in [0.2, 0.25) is 0 Å². The van der Waals surface area contributed by atoms with Gasteiger partial charge in [-0.1, -0.05) is 39.0 Å². The molecule has 2 aliphatic rings. The Kier molecular flexibility index (Phi) is 2.20. The van der Waals surface area contributed by atoms with E-state index in [9.17, 15) is 0 Å². The highest BCUT2D eigenvalue weighted by molar-refractivity contribution is 4.90. The lowest BCUT2D eigenvalue weighted by molar-refractivity contribution is 0.553. The van der Waals surface area contributed by atoms with Gasteiger partial charge in [-0.25, -0.2) is 0 Å². The Hall–Kier alpha value is 0. The number of rotatable bonds is 5. The topological polar surface area (TPSA) is 0 Å². The zero-order chi connectivity index (χ0) is 7.68. The molecule has 2 fully saturated rings. The van der Waals surface area contributed by atoms with Gasteiger partial charge in [0.2, 0.25) is 0 Å². The zero-order valence-electron chi connectivity index (χ0n) is 7.68. The van der Waals surface area contributed by atoms with Gasteiger partial charge in [-0.05, 0) is 30.6 Å². The van der Waals surface area contributed by atoms with Gasteiger partial charge < -0.3 is 0 Å². The lowest BCUT2D eigenvalue weighted by atomic mass is 10.1. The van der Waals surface area contributed by atoms with Crippen LogP contribution in [-0.2, 0) is 0 Å². The summed E-state index contributed by atoms with van der Waals surface area (Å²) in [6, 6.07) is 0. The highest BCUT2D eigenvalue weighted by Gasteiger charge is 2.39. The molecule has 2 unspecified atom stereocenters. The molecule has 11 heavy (non-hydrogen) atoms. The Morgan fingerprint density at radius 1 is 1.18 bits per heavy atom. The summed E-state index contributed by atoms with van der Waals surface area (Å²) in [4.78, 5) is 0. The summed E-state index contributed by atoms with van der Waals surface area (Å²) >= 11 is 0. The van der Waals surface area contributed by atoms with Crippen molar-refractivity contribution in [1.82, 2.24) is 0 Å². The normalized spacial score (nSPS) is 35.7. The standard InChI is InChI=1S/C11H20/c1-2-3-4-10-8-11(10)7-9-5-6-9/h9-11H,2-8H2,1H3. The zero-order valence-corrected chi connectivity index (χ0v) is 7.68. The van der Waals surface area contributed by atoms with Crippen molar-refractivity contribution in [2.24, 2.45) is 17.8 Å². The van der Waals surface area contributed by atoms with E-state index in [1.165, 1.54) is 31.1 Å². The van der Waals surface area contributed by atoms with Crippen molar-refractivity contribution in [2.45, 2.75) is 51.9 Å². The predicted octanol–water partition coefficient (Wildman–Crippen LogP) is 3.61. The summed E-state index contributed by atoms with van der Waals surface area (Å²) in [6.07, 6.45) is 10.7. The highest BCUT2D eigenvalue weighted by Crippen LogP contribution is 2.50. The molecule has 0 aromatic rings. The summed E-state index contributed by atoms with van der Waals surface area (Å²) < 4.78 is 0. The first kappa shape index (κ1) is 7.64. The highest BCUT2D eigenvalue weighted by atomic mass is 14.4. The first-order chi connectivity index (χ1) is 5.40. The Morgan fingerprint density at radius 2 is 2.00 bits per heavy atom. The summed E-state index contributed by atoms with van der Waals surface area (Å²) in [5.41, 5.74) is 0. The van der Waals surface area contributed by atoms with Gasteiger partial charge in [-0.15, -0.1) is 0 Å². The van der Waals surface area contributed by atoms with Crippen LogP contribution in [0.3, 0.4) is 0 Å². The second-order valence-corrected chi connectivity index (χ2v) is 4.58. The third-order valence-corrected chi connectivity index (χ3v) is 3.33. The summed E-state index contributed by atoms with van der Waals surface area (Å²) in [5.74, 6) is 3.51. The minimum absolute atomic E-state index is 1.16. The molecule has 0 aliphatic heterocycles. The van der Waals surface area contributed by atoms with Crippen LogP contribution in [0.4, 0.5) is 0 Å². The second-order valence-electron chi connectivity index (χ2n) is 4.58. The number of hydrogen-bond donors (Lipinski definition) is 0. The van der Waals surface area contributed by atoms with Crippen LogP contribution in [0.25, 0.3) is 0 Å². The van der Waals surface area contributed by atoms with Crippen LogP contribution in [-0.4, -0.2) is 0 Å². The van der Waals surface area contributed by atoms with Gasteiger partial charge in [0.1, 0.15) is 0 Å². The van der Waals surface area contributed by atoms with E-state index in [0.29, 0.717) is 0 Å². The summed E-state index contributed by atoms with van der Waals surface area (Å²) in [5, 5.41) is 0. The molecule has 0 aromatic carbocycles. The van der Waals surface area contributed by atoms with E-state index >= 15 is 0 Å².